The van der Waals surface area contributed by atoms with E-state index in [0.717, 1.165) is 11.3 Å². The molecule has 0 bridgehead atoms. The number of rotatable bonds is 4. The van der Waals surface area contributed by atoms with E-state index in [2.05, 4.69) is 10.4 Å². The highest BCUT2D eigenvalue weighted by Gasteiger charge is 2.22. The van der Waals surface area contributed by atoms with Crippen LogP contribution in [-0.2, 0) is 0 Å². The van der Waals surface area contributed by atoms with Crippen LogP contribution in [-0.4, -0.2) is 16.8 Å². The third kappa shape index (κ3) is 2.82. The molecule has 0 saturated carbocycles. The zero-order chi connectivity index (χ0) is 14.9. The fraction of sp³-hybridized carbons (Fsp3) is 0.357. The number of aromatic nitrogens is 2. The highest BCUT2D eigenvalue weighted by Crippen LogP contribution is 2.31. The summed E-state index contributed by atoms with van der Waals surface area (Å²) in [7, 11) is 1.82. The third-order valence-corrected chi connectivity index (χ3v) is 3.70. The molecule has 2 rings (SSSR count). The standard InChI is InChI=1S/C14H16Cl2FN3/c1-8(2)20-14(11(16)7-19-20)13(18-3)9-4-5-12(17)10(15)6-9/h4-8,13,18H,1-3H3. The van der Waals surface area contributed by atoms with Gasteiger partial charge in [0.15, 0.2) is 0 Å². The van der Waals surface area contributed by atoms with Crippen LogP contribution in [0.5, 0.6) is 0 Å². The van der Waals surface area contributed by atoms with Gasteiger partial charge in [0.1, 0.15) is 5.82 Å². The SMILES string of the molecule is CNC(c1ccc(F)c(Cl)c1)c1c(Cl)cnn1C(C)C. The Morgan fingerprint density at radius 2 is 1.95 bits per heavy atom. The zero-order valence-corrected chi connectivity index (χ0v) is 13.0. The fourth-order valence-electron chi connectivity index (χ4n) is 2.19. The van der Waals surface area contributed by atoms with E-state index in [1.807, 2.05) is 25.6 Å². The van der Waals surface area contributed by atoms with Gasteiger partial charge in [-0.15, -0.1) is 0 Å². The average molecular weight is 316 g/mol. The summed E-state index contributed by atoms with van der Waals surface area (Å²) in [5, 5.41) is 8.12. The normalized spacial score (nSPS) is 12.9. The summed E-state index contributed by atoms with van der Waals surface area (Å²) in [6.07, 6.45) is 1.62. The van der Waals surface area contributed by atoms with Crippen molar-refractivity contribution in [2.75, 3.05) is 7.05 Å². The lowest BCUT2D eigenvalue weighted by Gasteiger charge is -2.21. The van der Waals surface area contributed by atoms with Crippen molar-refractivity contribution >= 4 is 23.2 Å². The van der Waals surface area contributed by atoms with Crippen molar-refractivity contribution < 1.29 is 4.39 Å². The van der Waals surface area contributed by atoms with Crippen molar-refractivity contribution in [3.63, 3.8) is 0 Å². The summed E-state index contributed by atoms with van der Waals surface area (Å²) in [5.74, 6) is -0.436. The molecule has 1 heterocycles. The maximum atomic E-state index is 13.3. The van der Waals surface area contributed by atoms with Gasteiger partial charge in [-0.3, -0.25) is 4.68 Å². The lowest BCUT2D eigenvalue weighted by molar-refractivity contribution is 0.484. The molecule has 0 aliphatic rings. The summed E-state index contributed by atoms with van der Waals surface area (Å²) in [5.41, 5.74) is 1.68. The average Bonchev–Trinajstić information content (AvgIpc) is 2.77. The maximum absolute atomic E-state index is 13.3. The van der Waals surface area contributed by atoms with Crippen LogP contribution in [0.2, 0.25) is 10.0 Å². The molecule has 1 atom stereocenters. The molecule has 6 heteroatoms. The quantitative estimate of drug-likeness (QED) is 0.915. The number of nitrogens with zero attached hydrogens (tertiary/aromatic N) is 2. The molecule has 2 aromatic rings. The Hall–Kier alpha value is -1.10. The number of benzene rings is 1. The molecule has 0 fully saturated rings. The molecule has 3 nitrogen and oxygen atoms in total. The van der Waals surface area contributed by atoms with Gasteiger partial charge in [0.25, 0.3) is 0 Å². The van der Waals surface area contributed by atoms with Crippen molar-refractivity contribution in [3.05, 3.63) is 51.5 Å². The second-order valence-corrected chi connectivity index (χ2v) is 5.63. The smallest absolute Gasteiger partial charge is 0.141 e. The topological polar surface area (TPSA) is 29.9 Å². The molecular weight excluding hydrogens is 300 g/mol. The predicted octanol–water partition coefficient (Wildman–Crippen LogP) is 4.22. The second kappa shape index (κ2) is 6.12. The van der Waals surface area contributed by atoms with E-state index in [0.29, 0.717) is 5.02 Å². The van der Waals surface area contributed by atoms with Crippen LogP contribution in [0.15, 0.2) is 24.4 Å². The summed E-state index contributed by atoms with van der Waals surface area (Å²) in [6.45, 7) is 4.05. The largest absolute Gasteiger partial charge is 0.308 e. The van der Waals surface area contributed by atoms with Crippen molar-refractivity contribution in [2.45, 2.75) is 25.9 Å². The first kappa shape index (κ1) is 15.3. The van der Waals surface area contributed by atoms with Gasteiger partial charge in [0.2, 0.25) is 0 Å². The summed E-state index contributed by atoms with van der Waals surface area (Å²) in [4.78, 5) is 0. The van der Waals surface area contributed by atoms with Gasteiger partial charge in [0, 0.05) is 6.04 Å². The molecule has 0 saturated heterocycles. The molecular formula is C14H16Cl2FN3. The van der Waals surface area contributed by atoms with Crippen LogP contribution in [0, 0.1) is 5.82 Å². The highest BCUT2D eigenvalue weighted by molar-refractivity contribution is 6.31. The van der Waals surface area contributed by atoms with E-state index in [1.54, 1.807) is 18.3 Å². The molecule has 1 N–H and O–H groups in total. The van der Waals surface area contributed by atoms with E-state index in [4.69, 9.17) is 23.2 Å². The van der Waals surface area contributed by atoms with E-state index in [1.165, 1.54) is 6.07 Å². The summed E-state index contributed by atoms with van der Waals surface area (Å²) >= 11 is 12.1. The number of halogens is 3. The van der Waals surface area contributed by atoms with Crippen molar-refractivity contribution in [3.8, 4) is 0 Å². The van der Waals surface area contributed by atoms with Gasteiger partial charge in [-0.05, 0) is 38.6 Å². The minimum absolute atomic E-state index is 0.0921. The van der Waals surface area contributed by atoms with E-state index >= 15 is 0 Å². The minimum Gasteiger partial charge on any atom is -0.308 e. The monoisotopic (exact) mass is 315 g/mol. The molecule has 0 spiro atoms. The van der Waals surface area contributed by atoms with E-state index in [-0.39, 0.29) is 17.1 Å². The van der Waals surface area contributed by atoms with Crippen LogP contribution in [0.3, 0.4) is 0 Å². The van der Waals surface area contributed by atoms with Crippen LogP contribution in [0.25, 0.3) is 0 Å². The minimum atomic E-state index is -0.436. The first-order valence-electron chi connectivity index (χ1n) is 6.30. The molecule has 0 radical (unpaired) electrons. The lowest BCUT2D eigenvalue weighted by atomic mass is 10.0. The summed E-state index contributed by atoms with van der Waals surface area (Å²) < 4.78 is 15.1. The Morgan fingerprint density at radius 1 is 1.25 bits per heavy atom. The van der Waals surface area contributed by atoms with Gasteiger partial charge in [0.05, 0.1) is 28.0 Å². The van der Waals surface area contributed by atoms with Gasteiger partial charge in [-0.1, -0.05) is 29.3 Å². The number of hydrogen-bond acceptors (Lipinski definition) is 2. The third-order valence-electron chi connectivity index (χ3n) is 3.12. The predicted molar refractivity (Wildman–Crippen MR) is 79.9 cm³/mol. The molecule has 1 aromatic carbocycles. The van der Waals surface area contributed by atoms with Gasteiger partial charge >= 0.3 is 0 Å². The Bertz CT molecular complexity index is 610. The van der Waals surface area contributed by atoms with Crippen LogP contribution in [0.1, 0.15) is 37.2 Å². The van der Waals surface area contributed by atoms with Gasteiger partial charge < -0.3 is 5.32 Å². The molecule has 20 heavy (non-hydrogen) atoms. The van der Waals surface area contributed by atoms with Crippen LogP contribution < -0.4 is 5.32 Å². The van der Waals surface area contributed by atoms with E-state index < -0.39 is 5.82 Å². The zero-order valence-electron chi connectivity index (χ0n) is 11.5. The molecule has 1 aromatic heterocycles. The Labute approximate surface area is 127 Å². The van der Waals surface area contributed by atoms with Gasteiger partial charge in [-0.25, -0.2) is 4.39 Å². The van der Waals surface area contributed by atoms with E-state index in [9.17, 15) is 4.39 Å². The molecule has 1 unspecified atom stereocenters. The summed E-state index contributed by atoms with van der Waals surface area (Å²) in [6, 6.07) is 4.61. The van der Waals surface area contributed by atoms with Crippen LogP contribution >= 0.6 is 23.2 Å². The molecule has 108 valence electrons. The lowest BCUT2D eigenvalue weighted by Crippen LogP contribution is -2.23. The van der Waals surface area contributed by atoms with Crippen LogP contribution in [0.4, 0.5) is 4.39 Å². The first-order chi connectivity index (χ1) is 9.45. The van der Waals surface area contributed by atoms with Crippen molar-refractivity contribution in [2.24, 2.45) is 0 Å². The second-order valence-electron chi connectivity index (χ2n) is 4.81. The first-order valence-corrected chi connectivity index (χ1v) is 7.06. The van der Waals surface area contributed by atoms with Crippen molar-refractivity contribution in [1.29, 1.82) is 0 Å². The Balaban J connectivity index is 2.52. The maximum Gasteiger partial charge on any atom is 0.141 e. The molecule has 0 aliphatic carbocycles. The number of nitrogens with one attached hydrogen (secondary N) is 1. The Morgan fingerprint density at radius 3 is 2.50 bits per heavy atom. The van der Waals surface area contributed by atoms with Crippen molar-refractivity contribution in [1.82, 2.24) is 15.1 Å². The van der Waals surface area contributed by atoms with Gasteiger partial charge in [-0.2, -0.15) is 5.10 Å². The molecule has 0 amide bonds. The highest BCUT2D eigenvalue weighted by atomic mass is 35.5. The molecule has 0 aliphatic heterocycles. The number of hydrogen-bond donors (Lipinski definition) is 1. The Kier molecular flexibility index (Phi) is 4.68. The fourth-order valence-corrected chi connectivity index (χ4v) is 2.61.